The number of aromatic hydroxyl groups is 1. The molecule has 0 atom stereocenters. The number of hydrogen-bond acceptors (Lipinski definition) is 3. The van der Waals surface area contributed by atoms with Crippen LogP contribution in [0.5, 0.6) is 5.75 Å². The van der Waals surface area contributed by atoms with Gasteiger partial charge in [-0.15, -0.1) is 0 Å². The van der Waals surface area contributed by atoms with Gasteiger partial charge in [0.25, 0.3) is 5.91 Å². The summed E-state index contributed by atoms with van der Waals surface area (Å²) < 4.78 is 0.786. The van der Waals surface area contributed by atoms with Crippen molar-refractivity contribution in [2.24, 2.45) is 0 Å². The van der Waals surface area contributed by atoms with Crippen molar-refractivity contribution in [1.82, 2.24) is 5.32 Å². The van der Waals surface area contributed by atoms with Crippen LogP contribution >= 0.6 is 15.9 Å². The Hall–Kier alpha value is -2.34. The molecule has 0 aliphatic rings. The predicted molar refractivity (Wildman–Crippen MR) is 102 cm³/mol. The first-order valence-corrected chi connectivity index (χ1v) is 8.63. The SMILES string of the molecule is CC(C)(C)c1ccc(O)c(NC(=O)CNC(=O)c2cccc(Br)c2)c1. The normalized spacial score (nSPS) is 11.0. The van der Waals surface area contributed by atoms with Crippen LogP contribution in [-0.4, -0.2) is 23.5 Å². The molecule has 6 heteroatoms. The molecule has 0 heterocycles. The lowest BCUT2D eigenvalue weighted by Crippen LogP contribution is -2.32. The first-order valence-electron chi connectivity index (χ1n) is 7.84. The number of anilines is 1. The topological polar surface area (TPSA) is 78.4 Å². The molecule has 0 fully saturated rings. The highest BCUT2D eigenvalue weighted by molar-refractivity contribution is 9.10. The van der Waals surface area contributed by atoms with E-state index in [1.807, 2.05) is 32.9 Å². The molecule has 5 nitrogen and oxygen atoms in total. The van der Waals surface area contributed by atoms with E-state index in [1.165, 1.54) is 0 Å². The minimum atomic E-state index is -0.412. The van der Waals surface area contributed by atoms with Crippen LogP contribution < -0.4 is 10.6 Å². The summed E-state index contributed by atoms with van der Waals surface area (Å²) >= 11 is 3.30. The van der Waals surface area contributed by atoms with Gasteiger partial charge in [-0.25, -0.2) is 0 Å². The fourth-order valence-electron chi connectivity index (χ4n) is 2.19. The second-order valence-electron chi connectivity index (χ2n) is 6.72. The van der Waals surface area contributed by atoms with Crippen LogP contribution in [0.3, 0.4) is 0 Å². The molecule has 132 valence electrons. The van der Waals surface area contributed by atoms with Gasteiger partial charge in [-0.1, -0.05) is 48.8 Å². The van der Waals surface area contributed by atoms with Crippen LogP contribution in [0.25, 0.3) is 0 Å². The molecule has 0 spiro atoms. The third-order valence-electron chi connectivity index (χ3n) is 3.63. The molecule has 3 N–H and O–H groups in total. The molecule has 0 aliphatic heterocycles. The van der Waals surface area contributed by atoms with Crippen LogP contribution in [0, 0.1) is 0 Å². The summed E-state index contributed by atoms with van der Waals surface area (Å²) in [6.07, 6.45) is 0. The zero-order chi connectivity index (χ0) is 18.6. The number of carbonyl (C=O) groups excluding carboxylic acids is 2. The van der Waals surface area contributed by atoms with Crippen molar-refractivity contribution in [1.29, 1.82) is 0 Å². The quantitative estimate of drug-likeness (QED) is 0.677. The second kappa shape index (κ2) is 7.70. The molecule has 2 amide bonds. The first-order chi connectivity index (χ1) is 11.7. The molecule has 0 radical (unpaired) electrons. The number of phenols is 1. The van der Waals surface area contributed by atoms with Crippen molar-refractivity contribution in [2.75, 3.05) is 11.9 Å². The molecule has 0 unspecified atom stereocenters. The highest BCUT2D eigenvalue weighted by atomic mass is 79.9. The summed E-state index contributed by atoms with van der Waals surface area (Å²) in [6, 6.07) is 12.0. The minimum Gasteiger partial charge on any atom is -0.506 e. The van der Waals surface area contributed by atoms with E-state index in [1.54, 1.807) is 30.3 Å². The molecule has 2 rings (SSSR count). The highest BCUT2D eigenvalue weighted by Gasteiger charge is 2.16. The Kier molecular flexibility index (Phi) is 5.85. The van der Waals surface area contributed by atoms with E-state index in [-0.39, 0.29) is 23.6 Å². The maximum atomic E-state index is 12.1. The fraction of sp³-hybridized carbons (Fsp3) is 0.263. The summed E-state index contributed by atoms with van der Waals surface area (Å²) in [6.45, 7) is 5.94. The monoisotopic (exact) mass is 404 g/mol. The van der Waals surface area contributed by atoms with Crippen molar-refractivity contribution in [2.45, 2.75) is 26.2 Å². The molecule has 0 aliphatic carbocycles. The van der Waals surface area contributed by atoms with E-state index in [0.29, 0.717) is 11.3 Å². The molecule has 0 bridgehead atoms. The summed E-state index contributed by atoms with van der Waals surface area (Å²) in [5, 5.41) is 15.1. The van der Waals surface area contributed by atoms with Gasteiger partial charge in [0.1, 0.15) is 5.75 Å². The minimum absolute atomic E-state index is 0.0142. The molecular formula is C19H21BrN2O3. The Morgan fingerprint density at radius 1 is 1.12 bits per heavy atom. The number of benzene rings is 2. The molecule has 0 saturated carbocycles. The van der Waals surface area contributed by atoms with Gasteiger partial charge in [0.05, 0.1) is 12.2 Å². The van der Waals surface area contributed by atoms with Crippen molar-refractivity contribution >= 4 is 33.4 Å². The Morgan fingerprint density at radius 2 is 1.84 bits per heavy atom. The fourth-order valence-corrected chi connectivity index (χ4v) is 2.59. The second-order valence-corrected chi connectivity index (χ2v) is 7.64. The number of amides is 2. The molecule has 2 aromatic carbocycles. The maximum absolute atomic E-state index is 12.1. The summed E-state index contributed by atoms with van der Waals surface area (Å²) in [4.78, 5) is 24.1. The Balaban J connectivity index is 2.00. The van der Waals surface area contributed by atoms with Crippen LogP contribution in [0.15, 0.2) is 46.9 Å². The Morgan fingerprint density at radius 3 is 2.48 bits per heavy atom. The van der Waals surface area contributed by atoms with Gasteiger partial charge in [0.15, 0.2) is 0 Å². The van der Waals surface area contributed by atoms with Crippen LogP contribution in [0.4, 0.5) is 5.69 Å². The maximum Gasteiger partial charge on any atom is 0.251 e. The van der Waals surface area contributed by atoms with Gasteiger partial charge in [0, 0.05) is 10.0 Å². The van der Waals surface area contributed by atoms with Crippen LogP contribution in [0.1, 0.15) is 36.7 Å². The van der Waals surface area contributed by atoms with Gasteiger partial charge in [-0.3, -0.25) is 9.59 Å². The van der Waals surface area contributed by atoms with E-state index >= 15 is 0 Å². The number of halogens is 1. The zero-order valence-electron chi connectivity index (χ0n) is 14.4. The Bertz CT molecular complexity index is 797. The van der Waals surface area contributed by atoms with Gasteiger partial charge >= 0.3 is 0 Å². The highest BCUT2D eigenvalue weighted by Crippen LogP contribution is 2.30. The zero-order valence-corrected chi connectivity index (χ0v) is 16.0. The number of carbonyl (C=O) groups is 2. The smallest absolute Gasteiger partial charge is 0.251 e. The summed E-state index contributed by atoms with van der Waals surface area (Å²) in [5.41, 5.74) is 1.66. The summed E-state index contributed by atoms with van der Waals surface area (Å²) in [5.74, 6) is -0.770. The van der Waals surface area contributed by atoms with Gasteiger partial charge in [-0.05, 0) is 41.3 Å². The standard InChI is InChI=1S/C19H21BrN2O3/c1-19(2,3)13-7-8-16(23)15(10-13)22-17(24)11-21-18(25)12-5-4-6-14(20)9-12/h4-10,23H,11H2,1-3H3,(H,21,25)(H,22,24). The lowest BCUT2D eigenvalue weighted by atomic mass is 9.87. The largest absolute Gasteiger partial charge is 0.506 e. The molecule has 2 aromatic rings. The molecular weight excluding hydrogens is 384 g/mol. The van der Waals surface area contributed by atoms with Crippen molar-refractivity contribution in [3.63, 3.8) is 0 Å². The van der Waals surface area contributed by atoms with Gasteiger partial charge in [-0.2, -0.15) is 0 Å². The van der Waals surface area contributed by atoms with E-state index in [2.05, 4.69) is 26.6 Å². The summed E-state index contributed by atoms with van der Waals surface area (Å²) in [7, 11) is 0. The van der Waals surface area contributed by atoms with E-state index in [4.69, 9.17) is 0 Å². The number of phenolic OH excluding ortho intramolecular Hbond substituents is 1. The Labute approximate surface area is 155 Å². The van der Waals surface area contributed by atoms with Crippen LogP contribution in [-0.2, 0) is 10.2 Å². The third kappa shape index (κ3) is 5.32. The van der Waals surface area contributed by atoms with E-state index in [9.17, 15) is 14.7 Å². The lowest BCUT2D eigenvalue weighted by molar-refractivity contribution is -0.115. The van der Waals surface area contributed by atoms with E-state index in [0.717, 1.165) is 10.0 Å². The number of hydrogen-bond donors (Lipinski definition) is 3. The average Bonchev–Trinajstić information content (AvgIpc) is 2.53. The van der Waals surface area contributed by atoms with E-state index < -0.39 is 5.91 Å². The van der Waals surface area contributed by atoms with Gasteiger partial charge < -0.3 is 15.7 Å². The lowest BCUT2D eigenvalue weighted by Gasteiger charge is -2.20. The van der Waals surface area contributed by atoms with Crippen molar-refractivity contribution in [3.05, 3.63) is 58.1 Å². The third-order valence-corrected chi connectivity index (χ3v) is 4.13. The van der Waals surface area contributed by atoms with Crippen molar-refractivity contribution in [3.8, 4) is 5.75 Å². The molecule has 0 aromatic heterocycles. The van der Waals surface area contributed by atoms with Crippen molar-refractivity contribution < 1.29 is 14.7 Å². The molecule has 0 saturated heterocycles. The average molecular weight is 405 g/mol. The predicted octanol–water partition coefficient (Wildman–Crippen LogP) is 3.82. The van der Waals surface area contributed by atoms with Crippen LogP contribution in [0.2, 0.25) is 0 Å². The number of rotatable bonds is 4. The number of nitrogens with one attached hydrogen (secondary N) is 2. The first kappa shape index (κ1) is 19.0. The van der Waals surface area contributed by atoms with Gasteiger partial charge in [0.2, 0.25) is 5.91 Å². The molecule has 25 heavy (non-hydrogen) atoms.